The lowest BCUT2D eigenvalue weighted by Crippen LogP contribution is -2.56. The normalized spacial score (nSPS) is 15.6. The molecular formula is C32H26F8N4O4. The molecule has 0 radical (unpaired) electrons. The van der Waals surface area contributed by atoms with Crippen molar-refractivity contribution in [3.8, 4) is 11.1 Å². The molecule has 5 rings (SSSR count). The van der Waals surface area contributed by atoms with Crippen LogP contribution in [0.4, 0.5) is 40.8 Å². The van der Waals surface area contributed by atoms with E-state index in [0.29, 0.717) is 12.1 Å². The molecule has 0 saturated carbocycles. The van der Waals surface area contributed by atoms with Gasteiger partial charge in [-0.1, -0.05) is 18.2 Å². The molecule has 8 nitrogen and oxygen atoms in total. The van der Waals surface area contributed by atoms with Crippen LogP contribution in [0.1, 0.15) is 33.6 Å². The number of benzene rings is 2. The van der Waals surface area contributed by atoms with Crippen LogP contribution in [-0.4, -0.2) is 53.3 Å². The predicted octanol–water partition coefficient (Wildman–Crippen LogP) is 5.86. The summed E-state index contributed by atoms with van der Waals surface area (Å²) in [5.41, 5.74) is -4.23. The molecule has 254 valence electrons. The largest absolute Gasteiger partial charge is 0.467 e. The van der Waals surface area contributed by atoms with Crippen LogP contribution >= 0.6 is 0 Å². The third-order valence-corrected chi connectivity index (χ3v) is 8.30. The molecular weight excluding hydrogens is 656 g/mol. The van der Waals surface area contributed by atoms with E-state index in [1.165, 1.54) is 44.4 Å². The highest BCUT2D eigenvalue weighted by Crippen LogP contribution is 2.40. The summed E-state index contributed by atoms with van der Waals surface area (Å²) >= 11 is 0. The number of nitrogens with zero attached hydrogens (tertiary/aromatic N) is 3. The second kappa shape index (κ2) is 12.5. The number of aryl methyl sites for hydroxylation is 1. The lowest BCUT2D eigenvalue weighted by molar-refractivity contribution is -0.159. The van der Waals surface area contributed by atoms with Crippen molar-refractivity contribution < 1.29 is 49.4 Å². The quantitative estimate of drug-likeness (QED) is 0.194. The minimum Gasteiger partial charge on any atom is -0.467 e. The van der Waals surface area contributed by atoms with Crippen molar-refractivity contribution in [2.75, 3.05) is 18.6 Å². The van der Waals surface area contributed by atoms with Crippen LogP contribution in [-0.2, 0) is 29.2 Å². The molecule has 16 heteroatoms. The number of methoxy groups -OCH3 is 1. The van der Waals surface area contributed by atoms with Crippen molar-refractivity contribution in [2.45, 2.75) is 44.2 Å². The topological polar surface area (TPSA) is 93.5 Å². The van der Waals surface area contributed by atoms with Gasteiger partial charge in [0.15, 0.2) is 0 Å². The van der Waals surface area contributed by atoms with E-state index >= 15 is 8.78 Å². The Bertz CT molecular complexity index is 1970. The highest BCUT2D eigenvalue weighted by molar-refractivity contribution is 5.99. The van der Waals surface area contributed by atoms with Crippen molar-refractivity contribution in [3.05, 3.63) is 93.0 Å². The average Bonchev–Trinajstić information content (AvgIpc) is 2.97. The van der Waals surface area contributed by atoms with E-state index in [2.05, 4.69) is 10.3 Å². The predicted molar refractivity (Wildman–Crippen MR) is 157 cm³/mol. The number of rotatable bonds is 7. The molecule has 0 spiro atoms. The third kappa shape index (κ3) is 6.30. The molecule has 1 amide bonds. The van der Waals surface area contributed by atoms with Gasteiger partial charge in [-0.25, -0.2) is 13.6 Å². The number of nitrogens with one attached hydrogen (secondary N) is 1. The van der Waals surface area contributed by atoms with Gasteiger partial charge in [-0.05, 0) is 43.2 Å². The van der Waals surface area contributed by atoms with E-state index in [1.807, 2.05) is 0 Å². The summed E-state index contributed by atoms with van der Waals surface area (Å²) < 4.78 is 118. The molecule has 48 heavy (non-hydrogen) atoms. The Kier molecular flexibility index (Phi) is 8.97. The van der Waals surface area contributed by atoms with Crippen LogP contribution < -0.4 is 15.8 Å². The van der Waals surface area contributed by atoms with Crippen LogP contribution in [0.15, 0.2) is 53.5 Å². The van der Waals surface area contributed by atoms with E-state index in [0.717, 1.165) is 22.6 Å². The fraction of sp³-hybridized carbons (Fsp3) is 0.312. The maximum absolute atomic E-state index is 15.0. The number of carbonyl (C=O) groups is 2. The molecule has 1 aliphatic heterocycles. The molecule has 2 aromatic carbocycles. The Labute approximate surface area is 266 Å². The Morgan fingerprint density at radius 3 is 2.29 bits per heavy atom. The van der Waals surface area contributed by atoms with Crippen molar-refractivity contribution >= 4 is 28.5 Å². The number of hydrogen-bond donors (Lipinski definition) is 1. The standard InChI is InChI=1S/C32H26F8N4O4/c1-15-11-20(31(35,36)37)25(29(46)43(15)2)19-7-6-16(18-5-4-9-41-27(18)19)12-23(30(47)48-3)42-28(45)26-21(33)13-17(14-22(26)34)44-10-8-24(44)32(38,39)40/h4-7,9,11,13-14,23-24H,8,10,12H2,1-3H3,(H,42,45)/t23-,24-/m0/s1. The smallest absolute Gasteiger partial charge is 0.417 e. The van der Waals surface area contributed by atoms with Crippen molar-refractivity contribution in [2.24, 2.45) is 7.05 Å². The van der Waals surface area contributed by atoms with Gasteiger partial charge in [0.05, 0.1) is 23.8 Å². The molecule has 1 saturated heterocycles. The Morgan fingerprint density at radius 2 is 1.73 bits per heavy atom. The van der Waals surface area contributed by atoms with Gasteiger partial charge in [0.2, 0.25) is 0 Å². The van der Waals surface area contributed by atoms with Crippen LogP contribution in [0.5, 0.6) is 0 Å². The van der Waals surface area contributed by atoms with Crippen LogP contribution in [0.2, 0.25) is 0 Å². The number of hydrogen-bond acceptors (Lipinski definition) is 6. The van der Waals surface area contributed by atoms with Gasteiger partial charge in [-0.15, -0.1) is 0 Å². The average molecular weight is 683 g/mol. The Hall–Kier alpha value is -5.02. The van der Waals surface area contributed by atoms with E-state index in [1.54, 1.807) is 0 Å². The number of alkyl halides is 6. The Balaban J connectivity index is 1.50. The first kappa shape index (κ1) is 34.3. The van der Waals surface area contributed by atoms with Crippen LogP contribution in [0, 0.1) is 18.6 Å². The fourth-order valence-electron chi connectivity index (χ4n) is 5.68. The first-order valence-electron chi connectivity index (χ1n) is 14.3. The number of aromatic nitrogens is 2. The Morgan fingerprint density at radius 1 is 1.06 bits per heavy atom. The number of carbonyl (C=O) groups excluding carboxylic acids is 2. The van der Waals surface area contributed by atoms with Crippen molar-refractivity contribution in [3.63, 3.8) is 0 Å². The summed E-state index contributed by atoms with van der Waals surface area (Å²) in [4.78, 5) is 43.9. The molecule has 0 unspecified atom stereocenters. The summed E-state index contributed by atoms with van der Waals surface area (Å²) in [5.74, 6) is -5.42. The van der Waals surface area contributed by atoms with Gasteiger partial charge in [0.25, 0.3) is 11.5 Å². The number of anilines is 1. The zero-order chi connectivity index (χ0) is 35.3. The molecule has 2 atom stereocenters. The van der Waals surface area contributed by atoms with Gasteiger partial charge in [0.1, 0.15) is 29.3 Å². The van der Waals surface area contributed by atoms with Crippen LogP contribution in [0.25, 0.3) is 22.0 Å². The molecule has 4 aromatic rings. The first-order chi connectivity index (χ1) is 22.4. The maximum atomic E-state index is 15.0. The number of ether oxygens (including phenoxy) is 1. The number of pyridine rings is 2. The van der Waals surface area contributed by atoms with Crippen molar-refractivity contribution in [1.82, 2.24) is 14.9 Å². The van der Waals surface area contributed by atoms with Gasteiger partial charge in [0, 0.05) is 48.5 Å². The number of esters is 1. The second-order valence-electron chi connectivity index (χ2n) is 11.2. The SMILES string of the molecule is COC(=O)[C@H](Cc1ccc(-c2c(C(F)(F)F)cc(C)n(C)c2=O)c2ncccc12)NC(=O)c1c(F)cc(N2CC[C@H]2C(F)(F)F)cc1F. The van der Waals surface area contributed by atoms with E-state index < -0.39 is 82.3 Å². The highest BCUT2D eigenvalue weighted by Gasteiger charge is 2.49. The lowest BCUT2D eigenvalue weighted by Gasteiger charge is -2.43. The molecule has 2 aromatic heterocycles. The molecule has 0 bridgehead atoms. The number of fused-ring (bicyclic) bond motifs is 1. The molecule has 1 aliphatic rings. The molecule has 1 fully saturated rings. The minimum atomic E-state index is -4.90. The van der Waals surface area contributed by atoms with Gasteiger partial charge in [-0.3, -0.25) is 14.6 Å². The summed E-state index contributed by atoms with van der Waals surface area (Å²) in [7, 11) is 2.30. The zero-order valence-corrected chi connectivity index (χ0v) is 25.4. The van der Waals surface area contributed by atoms with Gasteiger partial charge >= 0.3 is 18.3 Å². The lowest BCUT2D eigenvalue weighted by atomic mass is 9.93. The number of halogens is 8. The van der Waals surface area contributed by atoms with Crippen LogP contribution in [0.3, 0.4) is 0 Å². The summed E-state index contributed by atoms with van der Waals surface area (Å²) in [6, 6.07) is 3.92. The second-order valence-corrected chi connectivity index (χ2v) is 11.2. The summed E-state index contributed by atoms with van der Waals surface area (Å²) in [5, 5.41) is 2.38. The van der Waals surface area contributed by atoms with Gasteiger partial charge in [-0.2, -0.15) is 26.3 Å². The minimum absolute atomic E-state index is 0.0350. The molecule has 0 aliphatic carbocycles. The van der Waals surface area contributed by atoms with E-state index in [-0.39, 0.29) is 40.7 Å². The summed E-state index contributed by atoms with van der Waals surface area (Å²) in [6.45, 7) is 1.24. The zero-order valence-electron chi connectivity index (χ0n) is 25.4. The summed E-state index contributed by atoms with van der Waals surface area (Å²) in [6.07, 6.45) is -8.92. The van der Waals surface area contributed by atoms with E-state index in [4.69, 9.17) is 4.74 Å². The van der Waals surface area contributed by atoms with E-state index in [9.17, 15) is 40.7 Å². The molecule has 3 heterocycles. The third-order valence-electron chi connectivity index (χ3n) is 8.30. The highest BCUT2D eigenvalue weighted by atomic mass is 19.4. The number of amides is 1. The van der Waals surface area contributed by atoms with Crippen molar-refractivity contribution in [1.29, 1.82) is 0 Å². The fourth-order valence-corrected chi connectivity index (χ4v) is 5.68. The maximum Gasteiger partial charge on any atom is 0.417 e. The molecule has 1 N–H and O–H groups in total. The monoisotopic (exact) mass is 682 g/mol. The first-order valence-corrected chi connectivity index (χ1v) is 14.3. The van der Waals surface area contributed by atoms with Gasteiger partial charge < -0.3 is 19.5 Å².